The average molecular weight is 380 g/mol. The third-order valence-corrected chi connectivity index (χ3v) is 7.37. The van der Waals surface area contributed by atoms with Crippen LogP contribution in [-0.2, 0) is 22.9 Å². The lowest BCUT2D eigenvalue weighted by molar-refractivity contribution is 0.102. The molecule has 0 spiro atoms. The Morgan fingerprint density at radius 2 is 2.04 bits per heavy atom. The molecule has 1 aromatic carbocycles. The fraction of sp³-hybridized carbons (Fsp3) is 0.412. The Bertz CT molecular complexity index is 865. The SMILES string of the molecule is CCN(CC)S(=O)(=O)c1cccc(C(=O)Nc2nc3c(s2)CCC3)c1. The zero-order valence-electron chi connectivity index (χ0n) is 14.3. The molecule has 0 atom stereocenters. The maximum Gasteiger partial charge on any atom is 0.257 e. The van der Waals surface area contributed by atoms with Crippen molar-refractivity contribution < 1.29 is 13.2 Å². The van der Waals surface area contributed by atoms with Crippen molar-refractivity contribution in [3.63, 3.8) is 0 Å². The summed E-state index contributed by atoms with van der Waals surface area (Å²) < 4.78 is 26.6. The summed E-state index contributed by atoms with van der Waals surface area (Å²) in [6, 6.07) is 6.14. The molecule has 1 aliphatic carbocycles. The van der Waals surface area contributed by atoms with Crippen molar-refractivity contribution in [1.82, 2.24) is 9.29 Å². The summed E-state index contributed by atoms with van der Waals surface area (Å²) in [5.74, 6) is -0.343. The number of aromatic nitrogens is 1. The number of nitrogens with one attached hydrogen (secondary N) is 1. The van der Waals surface area contributed by atoms with Gasteiger partial charge in [-0.05, 0) is 37.5 Å². The number of hydrogen-bond acceptors (Lipinski definition) is 5. The van der Waals surface area contributed by atoms with Crippen molar-refractivity contribution in [3.05, 3.63) is 40.4 Å². The molecule has 134 valence electrons. The number of anilines is 1. The van der Waals surface area contributed by atoms with Crippen LogP contribution in [-0.4, -0.2) is 36.7 Å². The molecule has 1 aromatic heterocycles. The number of rotatable bonds is 6. The normalized spacial score (nSPS) is 13.9. The Kier molecular flexibility index (Phi) is 5.21. The van der Waals surface area contributed by atoms with Gasteiger partial charge in [0.15, 0.2) is 5.13 Å². The average Bonchev–Trinajstić information content (AvgIpc) is 3.17. The van der Waals surface area contributed by atoms with Crippen LogP contribution in [0.2, 0.25) is 0 Å². The second-order valence-electron chi connectivity index (χ2n) is 5.81. The van der Waals surface area contributed by atoms with Gasteiger partial charge >= 0.3 is 0 Å². The van der Waals surface area contributed by atoms with Gasteiger partial charge in [0.25, 0.3) is 5.91 Å². The second kappa shape index (κ2) is 7.23. The predicted molar refractivity (Wildman–Crippen MR) is 98.6 cm³/mol. The van der Waals surface area contributed by atoms with Gasteiger partial charge in [0.05, 0.1) is 10.6 Å². The second-order valence-corrected chi connectivity index (χ2v) is 8.84. The maximum absolute atomic E-state index is 12.6. The number of fused-ring (bicyclic) bond motifs is 1. The van der Waals surface area contributed by atoms with Crippen molar-refractivity contribution in [2.75, 3.05) is 18.4 Å². The van der Waals surface area contributed by atoms with Crippen molar-refractivity contribution in [3.8, 4) is 0 Å². The third kappa shape index (κ3) is 3.61. The first-order chi connectivity index (χ1) is 12.0. The molecule has 8 heteroatoms. The molecular formula is C17H21N3O3S2. The number of aryl methyl sites for hydroxylation is 2. The minimum absolute atomic E-state index is 0.130. The summed E-state index contributed by atoms with van der Waals surface area (Å²) in [4.78, 5) is 18.3. The summed E-state index contributed by atoms with van der Waals surface area (Å²) in [6.45, 7) is 4.36. The van der Waals surface area contributed by atoms with Gasteiger partial charge in [0, 0.05) is 23.5 Å². The minimum atomic E-state index is -3.59. The summed E-state index contributed by atoms with van der Waals surface area (Å²) in [6.07, 6.45) is 3.09. The standard InChI is InChI=1S/C17H21N3O3S2/c1-3-20(4-2)25(22,23)13-8-5-7-12(11-13)16(21)19-17-18-14-9-6-10-15(14)24-17/h5,7-8,11H,3-4,6,9-10H2,1-2H3,(H,18,19,21). The number of hydrogen-bond donors (Lipinski definition) is 1. The lowest BCUT2D eigenvalue weighted by atomic mass is 10.2. The van der Waals surface area contributed by atoms with Crippen LogP contribution in [0.25, 0.3) is 0 Å². The fourth-order valence-corrected chi connectivity index (χ4v) is 5.47. The molecule has 2 aromatic rings. The molecule has 1 N–H and O–H groups in total. The van der Waals surface area contributed by atoms with E-state index >= 15 is 0 Å². The van der Waals surface area contributed by atoms with Gasteiger partial charge in [-0.25, -0.2) is 13.4 Å². The van der Waals surface area contributed by atoms with E-state index in [0.29, 0.717) is 23.8 Å². The van der Waals surface area contributed by atoms with Gasteiger partial charge in [-0.15, -0.1) is 11.3 Å². The highest BCUT2D eigenvalue weighted by atomic mass is 32.2. The smallest absolute Gasteiger partial charge is 0.257 e. The molecule has 0 bridgehead atoms. The Morgan fingerprint density at radius 3 is 2.72 bits per heavy atom. The molecule has 0 saturated carbocycles. The molecule has 3 rings (SSSR count). The van der Waals surface area contributed by atoms with E-state index in [4.69, 9.17) is 0 Å². The molecule has 0 aliphatic heterocycles. The molecule has 25 heavy (non-hydrogen) atoms. The van der Waals surface area contributed by atoms with Crippen molar-refractivity contribution >= 4 is 32.4 Å². The van der Waals surface area contributed by atoms with Crippen molar-refractivity contribution in [1.29, 1.82) is 0 Å². The quantitative estimate of drug-likeness (QED) is 0.837. The molecule has 1 heterocycles. The van der Waals surface area contributed by atoms with Gasteiger partial charge in [-0.2, -0.15) is 4.31 Å². The summed E-state index contributed by atoms with van der Waals surface area (Å²) in [5, 5.41) is 3.36. The zero-order chi connectivity index (χ0) is 18.0. The molecule has 0 radical (unpaired) electrons. The van der Waals surface area contributed by atoms with Crippen LogP contribution in [0.4, 0.5) is 5.13 Å². The predicted octanol–water partition coefficient (Wildman–Crippen LogP) is 2.91. The molecule has 0 fully saturated rings. The number of carbonyl (C=O) groups excluding carboxylic acids is 1. The third-order valence-electron chi connectivity index (χ3n) is 4.26. The summed E-state index contributed by atoms with van der Waals surface area (Å²) in [7, 11) is -3.59. The number of amides is 1. The summed E-state index contributed by atoms with van der Waals surface area (Å²) in [5.41, 5.74) is 1.38. The number of benzene rings is 1. The van der Waals surface area contributed by atoms with E-state index < -0.39 is 10.0 Å². The Hall–Kier alpha value is -1.77. The first-order valence-electron chi connectivity index (χ1n) is 8.35. The van der Waals surface area contributed by atoms with Gasteiger partial charge in [-0.1, -0.05) is 19.9 Å². The van der Waals surface area contributed by atoms with Gasteiger partial charge in [0.1, 0.15) is 0 Å². The van der Waals surface area contributed by atoms with Gasteiger partial charge in [0.2, 0.25) is 10.0 Å². The van der Waals surface area contributed by atoms with E-state index in [1.165, 1.54) is 32.7 Å². The lowest BCUT2D eigenvalue weighted by Crippen LogP contribution is -2.30. The summed E-state index contributed by atoms with van der Waals surface area (Å²) >= 11 is 1.50. The van der Waals surface area contributed by atoms with Crippen LogP contribution in [0.1, 0.15) is 41.2 Å². The van der Waals surface area contributed by atoms with Crippen LogP contribution in [0, 0.1) is 0 Å². The number of carbonyl (C=O) groups is 1. The van der Waals surface area contributed by atoms with Crippen LogP contribution >= 0.6 is 11.3 Å². The van der Waals surface area contributed by atoms with E-state index in [1.807, 2.05) is 0 Å². The number of sulfonamides is 1. The molecular weight excluding hydrogens is 358 g/mol. The number of thiazole rings is 1. The first kappa shape index (κ1) is 18.0. The largest absolute Gasteiger partial charge is 0.298 e. The van der Waals surface area contributed by atoms with E-state index in [-0.39, 0.29) is 10.8 Å². The van der Waals surface area contributed by atoms with Crippen molar-refractivity contribution in [2.45, 2.75) is 38.0 Å². The van der Waals surface area contributed by atoms with Crippen LogP contribution in [0.3, 0.4) is 0 Å². The molecule has 6 nitrogen and oxygen atoms in total. The van der Waals surface area contributed by atoms with Crippen molar-refractivity contribution in [2.24, 2.45) is 0 Å². The highest BCUT2D eigenvalue weighted by Crippen LogP contribution is 2.30. The van der Waals surface area contributed by atoms with E-state index in [1.54, 1.807) is 26.0 Å². The Balaban J connectivity index is 1.81. The van der Waals surface area contributed by atoms with E-state index in [0.717, 1.165) is 25.0 Å². The monoisotopic (exact) mass is 379 g/mol. The minimum Gasteiger partial charge on any atom is -0.298 e. The Morgan fingerprint density at radius 1 is 1.28 bits per heavy atom. The topological polar surface area (TPSA) is 79.4 Å². The maximum atomic E-state index is 12.6. The van der Waals surface area contributed by atoms with Crippen LogP contribution in [0.5, 0.6) is 0 Å². The van der Waals surface area contributed by atoms with Crippen LogP contribution in [0.15, 0.2) is 29.2 Å². The van der Waals surface area contributed by atoms with Crippen LogP contribution < -0.4 is 5.32 Å². The highest BCUT2D eigenvalue weighted by molar-refractivity contribution is 7.89. The highest BCUT2D eigenvalue weighted by Gasteiger charge is 2.23. The Labute approximate surface area is 151 Å². The van der Waals surface area contributed by atoms with Gasteiger partial charge in [-0.3, -0.25) is 10.1 Å². The molecule has 0 unspecified atom stereocenters. The van der Waals surface area contributed by atoms with E-state index in [9.17, 15) is 13.2 Å². The molecule has 1 aliphatic rings. The molecule has 1 amide bonds. The van der Waals surface area contributed by atoms with Gasteiger partial charge < -0.3 is 0 Å². The zero-order valence-corrected chi connectivity index (χ0v) is 15.9. The lowest BCUT2D eigenvalue weighted by Gasteiger charge is -2.18. The number of nitrogens with zero attached hydrogens (tertiary/aromatic N) is 2. The fourth-order valence-electron chi connectivity index (χ4n) is 2.92. The molecule has 0 saturated heterocycles. The van der Waals surface area contributed by atoms with E-state index in [2.05, 4.69) is 10.3 Å². The first-order valence-corrected chi connectivity index (χ1v) is 10.6.